The Hall–Kier alpha value is -2.77. The minimum atomic E-state index is -1.15. The summed E-state index contributed by atoms with van der Waals surface area (Å²) in [4.78, 5) is 35.4. The lowest BCUT2D eigenvalue weighted by Gasteiger charge is -2.19. The lowest BCUT2D eigenvalue weighted by atomic mass is 10.0. The van der Waals surface area contributed by atoms with E-state index in [1.165, 1.54) is 0 Å². The fourth-order valence-corrected chi connectivity index (χ4v) is 2.25. The van der Waals surface area contributed by atoms with Gasteiger partial charge in [-0.25, -0.2) is 0 Å². The summed E-state index contributed by atoms with van der Waals surface area (Å²) in [6.07, 6.45) is 0.346. The van der Waals surface area contributed by atoms with Crippen molar-refractivity contribution in [3.8, 4) is 0 Å². The van der Waals surface area contributed by atoms with Gasteiger partial charge in [0.1, 0.15) is 18.1 Å². The van der Waals surface area contributed by atoms with Crippen LogP contribution in [-0.2, 0) is 9.59 Å². The SMILES string of the molecule is CC(C)CC(C(=O)NCC(=O)O)n1nnc2ccccc2c1=O. The van der Waals surface area contributed by atoms with Crippen LogP contribution in [0.2, 0.25) is 0 Å². The van der Waals surface area contributed by atoms with Crippen molar-refractivity contribution in [3.63, 3.8) is 0 Å². The zero-order chi connectivity index (χ0) is 17.0. The molecule has 1 aromatic heterocycles. The van der Waals surface area contributed by atoms with Gasteiger partial charge >= 0.3 is 5.97 Å². The van der Waals surface area contributed by atoms with Gasteiger partial charge in [0.2, 0.25) is 5.91 Å². The van der Waals surface area contributed by atoms with Gasteiger partial charge in [0.25, 0.3) is 5.56 Å². The number of hydrogen-bond acceptors (Lipinski definition) is 5. The first-order valence-electron chi connectivity index (χ1n) is 7.24. The number of carbonyl (C=O) groups is 2. The van der Waals surface area contributed by atoms with Gasteiger partial charge in [0.05, 0.1) is 5.39 Å². The van der Waals surface area contributed by atoms with Crippen LogP contribution in [0.25, 0.3) is 10.9 Å². The summed E-state index contributed by atoms with van der Waals surface area (Å²) in [5, 5.41) is 19.2. The Labute approximate surface area is 132 Å². The number of benzene rings is 1. The van der Waals surface area contributed by atoms with Crippen LogP contribution in [-0.4, -0.2) is 38.5 Å². The molecule has 2 N–H and O–H groups in total. The minimum Gasteiger partial charge on any atom is -0.480 e. The first kappa shape index (κ1) is 16.6. The maximum atomic E-state index is 12.6. The molecule has 23 heavy (non-hydrogen) atoms. The van der Waals surface area contributed by atoms with Crippen molar-refractivity contribution < 1.29 is 14.7 Å². The van der Waals surface area contributed by atoms with E-state index in [0.29, 0.717) is 17.3 Å². The smallest absolute Gasteiger partial charge is 0.322 e. The Morgan fingerprint density at radius 1 is 1.30 bits per heavy atom. The summed E-state index contributed by atoms with van der Waals surface area (Å²) in [5.74, 6) is -1.61. The van der Waals surface area contributed by atoms with Crippen LogP contribution < -0.4 is 10.9 Å². The number of carboxylic acid groups (broad SMARTS) is 1. The molecule has 1 unspecified atom stereocenters. The quantitative estimate of drug-likeness (QED) is 0.805. The van der Waals surface area contributed by atoms with E-state index in [1.807, 2.05) is 13.8 Å². The third-order valence-electron chi connectivity index (χ3n) is 3.30. The second kappa shape index (κ2) is 6.99. The first-order valence-corrected chi connectivity index (χ1v) is 7.24. The molecule has 0 aliphatic heterocycles. The van der Waals surface area contributed by atoms with Crippen molar-refractivity contribution in [1.82, 2.24) is 20.3 Å². The van der Waals surface area contributed by atoms with E-state index in [0.717, 1.165) is 4.68 Å². The van der Waals surface area contributed by atoms with E-state index < -0.39 is 30.0 Å². The maximum absolute atomic E-state index is 12.6. The maximum Gasteiger partial charge on any atom is 0.322 e. The van der Waals surface area contributed by atoms with Gasteiger partial charge < -0.3 is 10.4 Å². The molecule has 0 radical (unpaired) electrons. The van der Waals surface area contributed by atoms with E-state index >= 15 is 0 Å². The van der Waals surface area contributed by atoms with Gasteiger partial charge in [-0.3, -0.25) is 14.4 Å². The van der Waals surface area contributed by atoms with Crippen molar-refractivity contribution in [2.75, 3.05) is 6.54 Å². The Morgan fingerprint density at radius 2 is 2.00 bits per heavy atom. The van der Waals surface area contributed by atoms with E-state index in [2.05, 4.69) is 15.6 Å². The first-order chi connectivity index (χ1) is 10.9. The molecule has 1 aromatic carbocycles. The fraction of sp³-hybridized carbons (Fsp3) is 0.400. The van der Waals surface area contributed by atoms with Crippen molar-refractivity contribution in [3.05, 3.63) is 34.6 Å². The Kier molecular flexibility index (Phi) is 5.05. The van der Waals surface area contributed by atoms with E-state index in [9.17, 15) is 14.4 Å². The molecule has 0 bridgehead atoms. The molecule has 0 aliphatic rings. The average Bonchev–Trinajstić information content (AvgIpc) is 2.51. The molecule has 0 aliphatic carbocycles. The Bertz CT molecular complexity index is 784. The lowest BCUT2D eigenvalue weighted by molar-refractivity contribution is -0.138. The highest BCUT2D eigenvalue weighted by molar-refractivity contribution is 5.84. The summed E-state index contributed by atoms with van der Waals surface area (Å²) in [6, 6.07) is 5.82. The number of nitrogens with zero attached hydrogens (tertiary/aromatic N) is 3. The van der Waals surface area contributed by atoms with Crippen molar-refractivity contribution in [1.29, 1.82) is 0 Å². The molecule has 2 aromatic rings. The van der Waals surface area contributed by atoms with Crippen LogP contribution in [0.4, 0.5) is 0 Å². The zero-order valence-corrected chi connectivity index (χ0v) is 12.9. The predicted molar refractivity (Wildman–Crippen MR) is 82.9 cm³/mol. The molecule has 0 saturated carbocycles. The number of aliphatic carboxylic acids is 1. The molecule has 1 heterocycles. The van der Waals surface area contributed by atoms with Gasteiger partial charge in [-0.05, 0) is 24.5 Å². The zero-order valence-electron chi connectivity index (χ0n) is 12.9. The molecule has 8 heteroatoms. The van der Waals surface area contributed by atoms with Crippen LogP contribution in [0, 0.1) is 5.92 Å². The van der Waals surface area contributed by atoms with Crippen molar-refractivity contribution in [2.24, 2.45) is 5.92 Å². The van der Waals surface area contributed by atoms with Crippen LogP contribution >= 0.6 is 0 Å². The van der Waals surface area contributed by atoms with E-state index in [1.54, 1.807) is 24.3 Å². The third-order valence-corrected chi connectivity index (χ3v) is 3.30. The number of hydrogen-bond donors (Lipinski definition) is 2. The molecule has 122 valence electrons. The summed E-state index contributed by atoms with van der Waals surface area (Å²) in [6.45, 7) is 3.29. The van der Waals surface area contributed by atoms with E-state index in [4.69, 9.17) is 5.11 Å². The summed E-state index contributed by atoms with van der Waals surface area (Å²) < 4.78 is 1.03. The Morgan fingerprint density at radius 3 is 2.65 bits per heavy atom. The van der Waals surface area contributed by atoms with Crippen molar-refractivity contribution in [2.45, 2.75) is 26.3 Å². The molecular weight excluding hydrogens is 300 g/mol. The van der Waals surface area contributed by atoms with Crippen LogP contribution in [0.15, 0.2) is 29.1 Å². The molecule has 1 atom stereocenters. The second-order valence-electron chi connectivity index (χ2n) is 5.61. The van der Waals surface area contributed by atoms with Crippen LogP contribution in [0.3, 0.4) is 0 Å². The molecular formula is C15H18N4O4. The third kappa shape index (κ3) is 3.91. The molecule has 1 amide bonds. The normalized spacial score (nSPS) is 12.3. The predicted octanol–water partition coefficient (Wildman–Crippen LogP) is 0.579. The van der Waals surface area contributed by atoms with Crippen LogP contribution in [0.5, 0.6) is 0 Å². The van der Waals surface area contributed by atoms with E-state index in [-0.39, 0.29) is 5.92 Å². The molecule has 2 rings (SSSR count). The summed E-state index contributed by atoms with van der Waals surface area (Å²) in [7, 11) is 0. The topological polar surface area (TPSA) is 114 Å². The lowest BCUT2D eigenvalue weighted by Crippen LogP contribution is -2.41. The number of nitrogens with one attached hydrogen (secondary N) is 1. The minimum absolute atomic E-state index is 0.107. The molecule has 0 fully saturated rings. The van der Waals surface area contributed by atoms with Crippen LogP contribution in [0.1, 0.15) is 26.3 Å². The largest absolute Gasteiger partial charge is 0.480 e. The number of aromatic nitrogens is 3. The number of carbonyl (C=O) groups excluding carboxylic acids is 1. The number of fused-ring (bicyclic) bond motifs is 1. The van der Waals surface area contributed by atoms with Gasteiger partial charge in [-0.2, -0.15) is 4.68 Å². The monoisotopic (exact) mass is 318 g/mol. The number of rotatable bonds is 6. The average molecular weight is 318 g/mol. The standard InChI is InChI=1S/C15H18N4O4/c1-9(2)7-12(14(22)16-8-13(20)21)19-15(23)10-5-3-4-6-11(10)17-18-19/h3-6,9,12H,7-8H2,1-2H3,(H,16,22)(H,20,21). The number of carboxylic acids is 1. The van der Waals surface area contributed by atoms with Gasteiger partial charge in [-0.1, -0.05) is 31.2 Å². The van der Waals surface area contributed by atoms with Gasteiger partial charge in [-0.15, -0.1) is 5.10 Å². The number of amides is 1. The summed E-state index contributed by atoms with van der Waals surface area (Å²) in [5.41, 5.74) is 0.0229. The van der Waals surface area contributed by atoms with Crippen molar-refractivity contribution >= 4 is 22.8 Å². The molecule has 0 spiro atoms. The Balaban J connectivity index is 2.43. The highest BCUT2D eigenvalue weighted by Gasteiger charge is 2.25. The van der Waals surface area contributed by atoms with Gasteiger partial charge in [0, 0.05) is 0 Å². The fourth-order valence-electron chi connectivity index (χ4n) is 2.25. The molecule has 8 nitrogen and oxygen atoms in total. The highest BCUT2D eigenvalue weighted by Crippen LogP contribution is 2.16. The molecule has 0 saturated heterocycles. The second-order valence-corrected chi connectivity index (χ2v) is 5.61. The van der Waals surface area contributed by atoms with Gasteiger partial charge in [0.15, 0.2) is 0 Å². The summed E-state index contributed by atoms with van der Waals surface area (Å²) >= 11 is 0. The highest BCUT2D eigenvalue weighted by atomic mass is 16.4.